The first-order valence-corrected chi connectivity index (χ1v) is 14.3. The normalized spacial score (nSPS) is 11.9. The lowest BCUT2D eigenvalue weighted by Crippen LogP contribution is -2.30. The summed E-state index contributed by atoms with van der Waals surface area (Å²) < 4.78 is 0. The van der Waals surface area contributed by atoms with Crippen LogP contribution >= 0.6 is 23.1 Å². The highest BCUT2D eigenvalue weighted by Gasteiger charge is 2.19. The van der Waals surface area contributed by atoms with Crippen molar-refractivity contribution < 1.29 is 14.4 Å². The van der Waals surface area contributed by atoms with Gasteiger partial charge in [0.05, 0.1) is 5.25 Å². The molecule has 0 saturated heterocycles. The fourth-order valence-electron chi connectivity index (χ4n) is 3.74. The average molecular weight is 556 g/mol. The van der Waals surface area contributed by atoms with Gasteiger partial charge in [0, 0.05) is 21.8 Å². The van der Waals surface area contributed by atoms with E-state index in [0.29, 0.717) is 17.7 Å². The molecule has 3 amide bonds. The molecule has 0 aliphatic heterocycles. The summed E-state index contributed by atoms with van der Waals surface area (Å²) in [7, 11) is 0. The molecule has 3 aromatic carbocycles. The number of thioether (sulfide) groups is 1. The van der Waals surface area contributed by atoms with Gasteiger partial charge in [-0.2, -0.15) is 11.3 Å². The van der Waals surface area contributed by atoms with Gasteiger partial charge in [0.2, 0.25) is 5.91 Å². The zero-order chi connectivity index (χ0) is 27.6. The number of hydrogen-bond acceptors (Lipinski definition) is 5. The predicted molar refractivity (Wildman–Crippen MR) is 161 cm³/mol. The number of thiophene rings is 1. The zero-order valence-corrected chi connectivity index (χ0v) is 23.3. The van der Waals surface area contributed by atoms with E-state index in [4.69, 9.17) is 0 Å². The number of anilines is 2. The summed E-state index contributed by atoms with van der Waals surface area (Å²) >= 11 is 2.94. The van der Waals surface area contributed by atoms with Gasteiger partial charge < -0.3 is 16.0 Å². The van der Waals surface area contributed by atoms with Crippen LogP contribution in [-0.4, -0.2) is 23.0 Å². The lowest BCUT2D eigenvalue weighted by atomic mass is 10.2. The number of rotatable bonds is 10. The molecular weight excluding hydrogens is 526 g/mol. The second-order valence-electron chi connectivity index (χ2n) is 8.79. The van der Waals surface area contributed by atoms with Gasteiger partial charge in [0.25, 0.3) is 11.8 Å². The Morgan fingerprint density at radius 2 is 1.64 bits per heavy atom. The van der Waals surface area contributed by atoms with Crippen LogP contribution in [0.15, 0.2) is 106 Å². The third-order valence-electron chi connectivity index (χ3n) is 5.70. The lowest BCUT2D eigenvalue weighted by molar-refractivity contribution is -0.116. The number of nitrogens with one attached hydrogen (secondary N) is 3. The van der Waals surface area contributed by atoms with Gasteiger partial charge in [-0.3, -0.25) is 14.4 Å². The van der Waals surface area contributed by atoms with E-state index < -0.39 is 5.91 Å². The summed E-state index contributed by atoms with van der Waals surface area (Å²) in [4.78, 5) is 39.8. The molecule has 0 fully saturated rings. The molecule has 3 N–H and O–H groups in total. The molecule has 0 aliphatic carbocycles. The Balaban J connectivity index is 1.46. The molecule has 8 heteroatoms. The van der Waals surface area contributed by atoms with Crippen LogP contribution < -0.4 is 16.0 Å². The molecule has 198 valence electrons. The number of amides is 3. The van der Waals surface area contributed by atoms with Crippen LogP contribution in [0, 0.1) is 6.92 Å². The van der Waals surface area contributed by atoms with Gasteiger partial charge in [0.1, 0.15) is 5.70 Å². The van der Waals surface area contributed by atoms with Crippen molar-refractivity contribution in [2.45, 2.75) is 30.4 Å². The fourth-order valence-corrected chi connectivity index (χ4v) is 5.38. The standard InChI is InChI=1S/C31H29N3O3S2/c1-3-28(31(37)33-24-12-7-9-21(2)17-24)39-26-14-8-13-25(19-26)32-30(36)27(18-22-15-16-38-20-22)34-29(35)23-10-5-4-6-11-23/h4-20,28H,3H2,1-2H3,(H,32,36)(H,33,37)(H,34,35)/b27-18-. The first-order valence-electron chi connectivity index (χ1n) is 12.5. The van der Waals surface area contributed by atoms with E-state index in [2.05, 4.69) is 16.0 Å². The molecule has 1 unspecified atom stereocenters. The maximum atomic E-state index is 13.3. The first-order chi connectivity index (χ1) is 18.9. The summed E-state index contributed by atoms with van der Waals surface area (Å²) in [5.74, 6) is -0.897. The van der Waals surface area contributed by atoms with E-state index in [0.717, 1.165) is 21.7 Å². The Bertz CT molecular complexity index is 1470. The topological polar surface area (TPSA) is 87.3 Å². The van der Waals surface area contributed by atoms with E-state index in [1.165, 1.54) is 23.1 Å². The largest absolute Gasteiger partial charge is 0.325 e. The Labute approximate surface area is 236 Å². The van der Waals surface area contributed by atoms with Crippen LogP contribution in [0.4, 0.5) is 11.4 Å². The molecule has 4 rings (SSSR count). The van der Waals surface area contributed by atoms with Gasteiger partial charge in [0.15, 0.2) is 0 Å². The summed E-state index contributed by atoms with van der Waals surface area (Å²) in [6.45, 7) is 3.95. The molecule has 1 heterocycles. The van der Waals surface area contributed by atoms with Crippen LogP contribution in [0.5, 0.6) is 0 Å². The number of carbonyl (C=O) groups excluding carboxylic acids is 3. The second-order valence-corrected chi connectivity index (χ2v) is 10.8. The monoisotopic (exact) mass is 555 g/mol. The SMILES string of the molecule is CCC(Sc1cccc(NC(=O)/C(=C/c2ccsc2)NC(=O)c2ccccc2)c1)C(=O)Nc1cccc(C)c1. The third kappa shape index (κ3) is 8.17. The summed E-state index contributed by atoms with van der Waals surface area (Å²) in [6.07, 6.45) is 2.28. The van der Waals surface area contributed by atoms with E-state index in [1.807, 2.05) is 79.2 Å². The van der Waals surface area contributed by atoms with Gasteiger partial charge in [-0.15, -0.1) is 11.8 Å². The Kier molecular flexibility index (Phi) is 9.72. The van der Waals surface area contributed by atoms with Gasteiger partial charge in [-0.25, -0.2) is 0 Å². The van der Waals surface area contributed by atoms with Crippen LogP contribution in [0.3, 0.4) is 0 Å². The van der Waals surface area contributed by atoms with E-state index in [1.54, 1.807) is 36.4 Å². The maximum absolute atomic E-state index is 13.3. The van der Waals surface area contributed by atoms with E-state index in [-0.39, 0.29) is 22.8 Å². The minimum absolute atomic E-state index is 0.0767. The van der Waals surface area contributed by atoms with Crippen molar-refractivity contribution >= 4 is 58.3 Å². The highest BCUT2D eigenvalue weighted by molar-refractivity contribution is 8.00. The summed E-state index contributed by atoms with van der Waals surface area (Å²) in [6, 6.07) is 25.6. The number of carbonyl (C=O) groups is 3. The van der Waals surface area contributed by atoms with Gasteiger partial charge in [-0.1, -0.05) is 43.3 Å². The Hall–Kier alpha value is -4.14. The molecule has 0 radical (unpaired) electrons. The minimum Gasteiger partial charge on any atom is -0.325 e. The van der Waals surface area contributed by atoms with Crippen molar-refractivity contribution in [1.29, 1.82) is 0 Å². The highest BCUT2D eigenvalue weighted by atomic mass is 32.2. The molecule has 0 spiro atoms. The van der Waals surface area contributed by atoms with Crippen molar-refractivity contribution in [2.24, 2.45) is 0 Å². The van der Waals surface area contributed by atoms with Gasteiger partial charge in [-0.05, 0) is 89.8 Å². The maximum Gasteiger partial charge on any atom is 0.272 e. The predicted octanol–water partition coefficient (Wildman–Crippen LogP) is 6.98. The molecule has 4 aromatic rings. The molecule has 39 heavy (non-hydrogen) atoms. The molecule has 1 aromatic heterocycles. The average Bonchev–Trinajstić information content (AvgIpc) is 3.45. The van der Waals surface area contributed by atoms with Gasteiger partial charge >= 0.3 is 0 Å². The highest BCUT2D eigenvalue weighted by Crippen LogP contribution is 2.29. The quantitative estimate of drug-likeness (QED) is 0.146. The van der Waals surface area contributed by atoms with Crippen LogP contribution in [0.25, 0.3) is 6.08 Å². The van der Waals surface area contributed by atoms with Crippen molar-refractivity contribution in [3.8, 4) is 0 Å². The molecule has 1 atom stereocenters. The zero-order valence-electron chi connectivity index (χ0n) is 21.6. The fraction of sp³-hybridized carbons (Fsp3) is 0.129. The van der Waals surface area contributed by atoms with E-state index >= 15 is 0 Å². The molecule has 0 saturated carbocycles. The Morgan fingerprint density at radius 3 is 2.33 bits per heavy atom. The molecule has 0 aliphatic rings. The smallest absolute Gasteiger partial charge is 0.272 e. The lowest BCUT2D eigenvalue weighted by Gasteiger charge is -2.16. The minimum atomic E-state index is -0.447. The van der Waals surface area contributed by atoms with Crippen molar-refractivity contribution in [2.75, 3.05) is 10.6 Å². The second kappa shape index (κ2) is 13.6. The summed E-state index contributed by atoms with van der Waals surface area (Å²) in [5, 5.41) is 12.1. The molecular formula is C31H29N3O3S2. The number of hydrogen-bond donors (Lipinski definition) is 3. The number of aryl methyl sites for hydroxylation is 1. The van der Waals surface area contributed by atoms with E-state index in [9.17, 15) is 14.4 Å². The van der Waals surface area contributed by atoms with Crippen molar-refractivity contribution in [1.82, 2.24) is 5.32 Å². The number of benzene rings is 3. The van der Waals surface area contributed by atoms with Crippen LogP contribution in [0.1, 0.15) is 34.8 Å². The first kappa shape index (κ1) is 27.9. The van der Waals surface area contributed by atoms with Crippen LogP contribution in [-0.2, 0) is 9.59 Å². The third-order valence-corrected chi connectivity index (χ3v) is 7.76. The molecule has 0 bridgehead atoms. The summed E-state index contributed by atoms with van der Waals surface area (Å²) in [5.41, 5.74) is 3.79. The molecule has 6 nitrogen and oxygen atoms in total. The Morgan fingerprint density at radius 1 is 0.897 bits per heavy atom. The van der Waals surface area contributed by atoms with Crippen molar-refractivity contribution in [3.05, 3.63) is 118 Å². The van der Waals surface area contributed by atoms with Crippen molar-refractivity contribution in [3.63, 3.8) is 0 Å². The van der Waals surface area contributed by atoms with Crippen LogP contribution in [0.2, 0.25) is 0 Å².